The van der Waals surface area contributed by atoms with Crippen molar-refractivity contribution in [2.75, 3.05) is 21.1 Å². The molecule has 0 amide bonds. The quantitative estimate of drug-likeness (QED) is 0.624. The number of guanidine groups is 1. The highest BCUT2D eigenvalue weighted by Crippen LogP contribution is 2.10. The topological polar surface area (TPSA) is 39.7 Å². The van der Waals surface area contributed by atoms with E-state index in [1.807, 2.05) is 7.05 Å². The van der Waals surface area contributed by atoms with E-state index in [0.717, 1.165) is 19.0 Å². The first-order valence-corrected chi connectivity index (χ1v) is 7.62. The molecule has 0 spiro atoms. The largest absolute Gasteiger partial charge is 0.354 e. The molecular formula is C17H30N4. The average Bonchev–Trinajstić information content (AvgIpc) is 2.43. The second-order valence-corrected chi connectivity index (χ2v) is 6.11. The molecule has 2 N–H and O–H groups in total. The number of nitrogens with one attached hydrogen (secondary N) is 2. The van der Waals surface area contributed by atoms with Crippen LogP contribution in [0.15, 0.2) is 29.3 Å². The molecule has 0 aliphatic heterocycles. The van der Waals surface area contributed by atoms with E-state index in [0.29, 0.717) is 12.0 Å². The minimum absolute atomic E-state index is 0.396. The molecule has 1 aromatic rings. The van der Waals surface area contributed by atoms with Gasteiger partial charge in [0.1, 0.15) is 0 Å². The van der Waals surface area contributed by atoms with E-state index in [1.165, 1.54) is 11.1 Å². The van der Waals surface area contributed by atoms with Crippen molar-refractivity contribution in [2.24, 2.45) is 10.9 Å². The summed E-state index contributed by atoms with van der Waals surface area (Å²) < 4.78 is 0. The fourth-order valence-corrected chi connectivity index (χ4v) is 1.98. The first-order valence-electron chi connectivity index (χ1n) is 7.62. The smallest absolute Gasteiger partial charge is 0.191 e. The zero-order chi connectivity index (χ0) is 15.8. The summed E-state index contributed by atoms with van der Waals surface area (Å²) in [6.07, 6.45) is 0. The lowest BCUT2D eigenvalue weighted by molar-refractivity contribution is 0.400. The summed E-state index contributed by atoms with van der Waals surface area (Å²) in [6, 6.07) is 8.93. The van der Waals surface area contributed by atoms with Crippen LogP contribution in [0.3, 0.4) is 0 Å². The Balaban J connectivity index is 2.65. The third kappa shape index (κ3) is 6.17. The molecule has 0 aromatic heterocycles. The van der Waals surface area contributed by atoms with Gasteiger partial charge in [-0.1, -0.05) is 38.1 Å². The van der Waals surface area contributed by atoms with Crippen molar-refractivity contribution in [3.05, 3.63) is 35.4 Å². The number of hydrogen-bond acceptors (Lipinski definition) is 2. The first kappa shape index (κ1) is 17.5. The Bertz CT molecular complexity index is 452. The monoisotopic (exact) mass is 290 g/mol. The summed E-state index contributed by atoms with van der Waals surface area (Å²) in [7, 11) is 6.00. The number of hydrogen-bond donors (Lipinski definition) is 2. The Labute approximate surface area is 129 Å². The van der Waals surface area contributed by atoms with E-state index in [1.54, 1.807) is 0 Å². The van der Waals surface area contributed by atoms with Gasteiger partial charge in [0, 0.05) is 26.2 Å². The van der Waals surface area contributed by atoms with Crippen molar-refractivity contribution in [1.82, 2.24) is 15.5 Å². The van der Waals surface area contributed by atoms with Crippen LogP contribution in [-0.2, 0) is 13.1 Å². The van der Waals surface area contributed by atoms with E-state index < -0.39 is 0 Å². The average molecular weight is 290 g/mol. The van der Waals surface area contributed by atoms with Gasteiger partial charge in [-0.15, -0.1) is 0 Å². The number of rotatable bonds is 6. The normalized spacial score (nSPS) is 13.6. The van der Waals surface area contributed by atoms with Crippen molar-refractivity contribution in [3.8, 4) is 0 Å². The molecule has 118 valence electrons. The molecule has 4 heteroatoms. The van der Waals surface area contributed by atoms with Crippen molar-refractivity contribution < 1.29 is 0 Å². The van der Waals surface area contributed by atoms with Crippen LogP contribution in [0.2, 0.25) is 0 Å². The van der Waals surface area contributed by atoms with Gasteiger partial charge < -0.3 is 15.5 Å². The molecule has 21 heavy (non-hydrogen) atoms. The Morgan fingerprint density at radius 2 is 1.76 bits per heavy atom. The molecule has 0 saturated heterocycles. The number of nitrogens with zero attached hydrogens (tertiary/aromatic N) is 2. The van der Waals surface area contributed by atoms with Gasteiger partial charge in [-0.3, -0.25) is 4.99 Å². The van der Waals surface area contributed by atoms with Gasteiger partial charge in [0.15, 0.2) is 5.96 Å². The maximum Gasteiger partial charge on any atom is 0.191 e. The summed E-state index contributed by atoms with van der Waals surface area (Å²) in [5.41, 5.74) is 2.66. The van der Waals surface area contributed by atoms with Crippen molar-refractivity contribution >= 4 is 5.96 Å². The summed E-state index contributed by atoms with van der Waals surface area (Å²) in [5, 5.41) is 6.83. The van der Waals surface area contributed by atoms with Gasteiger partial charge in [0.25, 0.3) is 0 Å². The second-order valence-electron chi connectivity index (χ2n) is 6.11. The lowest BCUT2D eigenvalue weighted by Gasteiger charge is -2.21. The Hall–Kier alpha value is -1.55. The van der Waals surface area contributed by atoms with Gasteiger partial charge in [-0.05, 0) is 38.1 Å². The van der Waals surface area contributed by atoms with E-state index in [2.05, 4.69) is 79.7 Å². The highest BCUT2D eigenvalue weighted by molar-refractivity contribution is 5.79. The second kappa shape index (κ2) is 8.67. The van der Waals surface area contributed by atoms with Crippen LogP contribution < -0.4 is 10.6 Å². The van der Waals surface area contributed by atoms with Gasteiger partial charge in [0.05, 0.1) is 0 Å². The molecule has 1 rings (SSSR count). The van der Waals surface area contributed by atoms with Crippen LogP contribution in [0, 0.1) is 5.92 Å². The van der Waals surface area contributed by atoms with Crippen LogP contribution in [0.1, 0.15) is 31.9 Å². The lowest BCUT2D eigenvalue weighted by atomic mass is 10.1. The Morgan fingerprint density at radius 1 is 1.14 bits per heavy atom. The van der Waals surface area contributed by atoms with E-state index >= 15 is 0 Å². The summed E-state index contributed by atoms with van der Waals surface area (Å²) in [4.78, 5) is 6.49. The van der Waals surface area contributed by atoms with Crippen LogP contribution in [-0.4, -0.2) is 38.0 Å². The summed E-state index contributed by atoms with van der Waals surface area (Å²) in [5.74, 6) is 1.43. The van der Waals surface area contributed by atoms with Crippen molar-refractivity contribution in [2.45, 2.75) is 39.9 Å². The molecule has 0 saturated carbocycles. The highest BCUT2D eigenvalue weighted by atomic mass is 15.2. The molecule has 0 heterocycles. The standard InChI is InChI=1S/C17H30N4/c1-13(2)14(3)20-17(18-4)19-11-15-9-7-8-10-16(15)12-21(5)6/h7-10,13-14H,11-12H2,1-6H3,(H2,18,19,20). The molecule has 0 radical (unpaired) electrons. The zero-order valence-corrected chi connectivity index (χ0v) is 14.3. The van der Waals surface area contributed by atoms with Gasteiger partial charge in [-0.2, -0.15) is 0 Å². The fraction of sp³-hybridized carbons (Fsp3) is 0.588. The summed E-state index contributed by atoms with van der Waals surface area (Å²) in [6.45, 7) is 8.33. The van der Waals surface area contributed by atoms with E-state index in [9.17, 15) is 0 Å². The van der Waals surface area contributed by atoms with E-state index in [-0.39, 0.29) is 0 Å². The Kier molecular flexibility index (Phi) is 7.23. The van der Waals surface area contributed by atoms with Gasteiger partial charge in [-0.25, -0.2) is 0 Å². The predicted molar refractivity (Wildman–Crippen MR) is 91.5 cm³/mol. The molecule has 0 aliphatic rings. The maximum atomic E-state index is 4.30. The van der Waals surface area contributed by atoms with Gasteiger partial charge >= 0.3 is 0 Å². The third-order valence-electron chi connectivity index (χ3n) is 3.64. The zero-order valence-electron chi connectivity index (χ0n) is 14.3. The Morgan fingerprint density at radius 3 is 2.29 bits per heavy atom. The molecule has 1 aromatic carbocycles. The first-order chi connectivity index (χ1) is 9.93. The number of aliphatic imine (C=N–C) groups is 1. The predicted octanol–water partition coefficient (Wildman–Crippen LogP) is 2.46. The molecule has 4 nitrogen and oxygen atoms in total. The SMILES string of the molecule is CN=C(NCc1ccccc1CN(C)C)NC(C)C(C)C. The van der Waals surface area contributed by atoms with Crippen molar-refractivity contribution in [3.63, 3.8) is 0 Å². The molecular weight excluding hydrogens is 260 g/mol. The lowest BCUT2D eigenvalue weighted by Crippen LogP contribution is -2.44. The van der Waals surface area contributed by atoms with Crippen LogP contribution in [0.4, 0.5) is 0 Å². The highest BCUT2D eigenvalue weighted by Gasteiger charge is 2.09. The molecule has 1 atom stereocenters. The van der Waals surface area contributed by atoms with Gasteiger partial charge in [0.2, 0.25) is 0 Å². The molecule has 1 unspecified atom stereocenters. The minimum Gasteiger partial charge on any atom is -0.354 e. The summed E-state index contributed by atoms with van der Waals surface area (Å²) >= 11 is 0. The number of benzene rings is 1. The fourth-order valence-electron chi connectivity index (χ4n) is 1.98. The molecule has 0 bridgehead atoms. The van der Waals surface area contributed by atoms with Crippen LogP contribution in [0.25, 0.3) is 0 Å². The van der Waals surface area contributed by atoms with Crippen LogP contribution in [0.5, 0.6) is 0 Å². The third-order valence-corrected chi connectivity index (χ3v) is 3.64. The molecule has 0 aliphatic carbocycles. The minimum atomic E-state index is 0.396. The molecule has 0 fully saturated rings. The van der Waals surface area contributed by atoms with Crippen LogP contribution >= 0.6 is 0 Å². The maximum absolute atomic E-state index is 4.30. The van der Waals surface area contributed by atoms with E-state index in [4.69, 9.17) is 0 Å². The van der Waals surface area contributed by atoms with Crippen molar-refractivity contribution in [1.29, 1.82) is 0 Å².